The Morgan fingerprint density at radius 1 is 0.729 bits per heavy atom. The van der Waals surface area contributed by atoms with Crippen molar-refractivity contribution in [2.75, 3.05) is 21.1 Å². The van der Waals surface area contributed by atoms with Gasteiger partial charge in [-0.15, -0.1) is 0 Å². The number of rotatable bonds is 13. The van der Waals surface area contributed by atoms with Crippen LogP contribution in [0.2, 0.25) is 0 Å². The van der Waals surface area contributed by atoms with E-state index < -0.39 is 29.3 Å². The number of carbonyl (C=O) groups excluding carboxylic acids is 4. The molecular weight excluding hydrogens is 604 g/mol. The number of nitrogens with one attached hydrogen (secondary N) is 2. The average Bonchev–Trinajstić information content (AvgIpc) is 3.04. The minimum atomic E-state index is -0.898. The number of amides is 4. The SMILES string of the molecule is CNC(=O)C(Cc1ccccc1)N(C)C(=O)C(Cc1ccc(-c2ccccc2)cc1)N(C)C(=O)/C=C/CC(C)(C)NC(=O)OC(C)(C)C. The van der Waals surface area contributed by atoms with Gasteiger partial charge in [-0.25, -0.2) is 4.79 Å². The fourth-order valence-corrected chi connectivity index (χ4v) is 5.23. The Bertz CT molecular complexity index is 1550. The van der Waals surface area contributed by atoms with Crippen LogP contribution in [0, 0.1) is 0 Å². The maximum Gasteiger partial charge on any atom is 0.408 e. The number of hydrogen-bond acceptors (Lipinski definition) is 5. The van der Waals surface area contributed by atoms with Gasteiger partial charge in [-0.05, 0) is 69.4 Å². The number of ether oxygens (including phenoxy) is 1. The average molecular weight is 655 g/mol. The van der Waals surface area contributed by atoms with E-state index >= 15 is 0 Å². The largest absolute Gasteiger partial charge is 0.444 e. The molecule has 3 aromatic rings. The monoisotopic (exact) mass is 654 g/mol. The number of benzene rings is 3. The van der Waals surface area contributed by atoms with Gasteiger partial charge >= 0.3 is 6.09 Å². The van der Waals surface area contributed by atoms with E-state index in [4.69, 9.17) is 4.74 Å². The minimum Gasteiger partial charge on any atom is -0.444 e. The molecule has 9 nitrogen and oxygen atoms in total. The first-order valence-electron chi connectivity index (χ1n) is 16.2. The molecule has 256 valence electrons. The van der Waals surface area contributed by atoms with Crippen LogP contribution in [-0.4, -0.2) is 78.0 Å². The van der Waals surface area contributed by atoms with Gasteiger partial charge in [0, 0.05) is 39.5 Å². The fraction of sp³-hybridized carbons (Fsp3) is 0.385. The molecule has 0 saturated carbocycles. The molecule has 0 aliphatic rings. The summed E-state index contributed by atoms with van der Waals surface area (Å²) < 4.78 is 5.37. The van der Waals surface area contributed by atoms with Crippen molar-refractivity contribution in [1.82, 2.24) is 20.4 Å². The van der Waals surface area contributed by atoms with Crippen molar-refractivity contribution in [2.24, 2.45) is 0 Å². The molecule has 0 aliphatic carbocycles. The molecule has 3 aromatic carbocycles. The molecule has 0 saturated heterocycles. The molecule has 0 heterocycles. The van der Waals surface area contributed by atoms with E-state index in [1.54, 1.807) is 48.0 Å². The topological polar surface area (TPSA) is 108 Å². The van der Waals surface area contributed by atoms with Crippen LogP contribution in [0.5, 0.6) is 0 Å². The zero-order valence-electron chi connectivity index (χ0n) is 29.4. The highest BCUT2D eigenvalue weighted by Crippen LogP contribution is 2.22. The molecule has 0 aromatic heterocycles. The first-order chi connectivity index (χ1) is 22.6. The second-order valence-corrected chi connectivity index (χ2v) is 13.6. The van der Waals surface area contributed by atoms with E-state index in [1.165, 1.54) is 15.9 Å². The summed E-state index contributed by atoms with van der Waals surface area (Å²) in [6.45, 7) is 9.04. The van der Waals surface area contributed by atoms with Crippen LogP contribution in [0.3, 0.4) is 0 Å². The van der Waals surface area contributed by atoms with E-state index in [2.05, 4.69) is 10.6 Å². The normalized spacial score (nSPS) is 12.9. The van der Waals surface area contributed by atoms with E-state index in [1.807, 2.05) is 98.8 Å². The predicted molar refractivity (Wildman–Crippen MR) is 190 cm³/mol. The number of alkyl carbamates (subject to hydrolysis) is 1. The molecule has 2 unspecified atom stereocenters. The Kier molecular flexibility index (Phi) is 13.1. The lowest BCUT2D eigenvalue weighted by Gasteiger charge is -2.34. The van der Waals surface area contributed by atoms with Crippen molar-refractivity contribution in [3.05, 3.63) is 108 Å². The summed E-state index contributed by atoms with van der Waals surface area (Å²) in [7, 11) is 4.75. The minimum absolute atomic E-state index is 0.242. The van der Waals surface area contributed by atoms with Gasteiger partial charge in [0.15, 0.2) is 0 Å². The second kappa shape index (κ2) is 16.8. The number of carbonyl (C=O) groups is 4. The van der Waals surface area contributed by atoms with Crippen molar-refractivity contribution in [2.45, 2.75) is 77.1 Å². The number of nitrogens with zero attached hydrogens (tertiary/aromatic N) is 2. The van der Waals surface area contributed by atoms with Crippen LogP contribution in [0.15, 0.2) is 97.1 Å². The molecule has 4 amide bonds. The fourth-order valence-electron chi connectivity index (χ4n) is 5.23. The first-order valence-corrected chi connectivity index (χ1v) is 16.2. The molecule has 0 fully saturated rings. The molecule has 9 heteroatoms. The molecule has 0 spiro atoms. The molecule has 3 rings (SSSR count). The van der Waals surface area contributed by atoms with E-state index in [0.717, 1.165) is 22.3 Å². The van der Waals surface area contributed by atoms with Crippen LogP contribution < -0.4 is 10.6 Å². The van der Waals surface area contributed by atoms with E-state index in [9.17, 15) is 19.2 Å². The van der Waals surface area contributed by atoms with Gasteiger partial charge in [-0.2, -0.15) is 0 Å². The number of likely N-dealkylation sites (N-methyl/N-ethyl adjacent to an activating group) is 3. The van der Waals surface area contributed by atoms with Crippen LogP contribution in [0.25, 0.3) is 11.1 Å². The maximum absolute atomic E-state index is 14.3. The van der Waals surface area contributed by atoms with Crippen molar-refractivity contribution in [3.63, 3.8) is 0 Å². The lowest BCUT2D eigenvalue weighted by atomic mass is 9.98. The molecule has 0 aliphatic heterocycles. The molecule has 48 heavy (non-hydrogen) atoms. The quantitative estimate of drug-likeness (QED) is 0.227. The van der Waals surface area contributed by atoms with E-state index in [0.29, 0.717) is 12.8 Å². The molecule has 0 radical (unpaired) electrons. The number of hydrogen-bond donors (Lipinski definition) is 2. The summed E-state index contributed by atoms with van der Waals surface area (Å²) in [5, 5.41) is 5.52. The van der Waals surface area contributed by atoms with Crippen molar-refractivity contribution >= 4 is 23.8 Å². The lowest BCUT2D eigenvalue weighted by Crippen LogP contribution is -2.55. The standard InChI is InChI=1S/C39H50N4O5/c1-38(2,3)48-37(47)41-39(4,5)25-15-20-34(44)42(7)33(27-29-21-23-31(24-22-29)30-18-13-10-14-19-30)36(46)43(8)32(35(45)40-6)26-28-16-11-9-12-17-28/h9-24,32-33H,25-27H2,1-8H3,(H,40,45)(H,41,47)/b20-15+. The van der Waals surface area contributed by atoms with Gasteiger partial charge in [-0.3, -0.25) is 14.4 Å². The lowest BCUT2D eigenvalue weighted by molar-refractivity contribution is -0.146. The van der Waals surface area contributed by atoms with Crippen LogP contribution in [-0.2, 0) is 32.0 Å². The first kappa shape index (κ1) is 37.5. The van der Waals surface area contributed by atoms with Gasteiger partial charge in [0.2, 0.25) is 17.7 Å². The smallest absolute Gasteiger partial charge is 0.408 e. The zero-order valence-corrected chi connectivity index (χ0v) is 29.4. The Hall–Kier alpha value is -4.92. The summed E-state index contributed by atoms with van der Waals surface area (Å²) in [5.74, 6) is -1.03. The van der Waals surface area contributed by atoms with Gasteiger partial charge in [0.1, 0.15) is 17.7 Å². The third kappa shape index (κ3) is 11.4. The van der Waals surface area contributed by atoms with Gasteiger partial charge in [0.05, 0.1) is 0 Å². The highest BCUT2D eigenvalue weighted by atomic mass is 16.6. The second-order valence-electron chi connectivity index (χ2n) is 13.6. The van der Waals surface area contributed by atoms with Gasteiger partial charge in [-0.1, -0.05) is 91.0 Å². The molecular formula is C39H50N4O5. The van der Waals surface area contributed by atoms with Crippen molar-refractivity contribution < 1.29 is 23.9 Å². The van der Waals surface area contributed by atoms with Crippen molar-refractivity contribution in [1.29, 1.82) is 0 Å². The summed E-state index contributed by atoms with van der Waals surface area (Å²) in [5.41, 5.74) is 2.57. The maximum atomic E-state index is 14.3. The zero-order chi connectivity index (χ0) is 35.5. The highest BCUT2D eigenvalue weighted by Gasteiger charge is 2.34. The summed E-state index contributed by atoms with van der Waals surface area (Å²) in [6.07, 6.45) is 3.46. The third-order valence-electron chi connectivity index (χ3n) is 7.95. The molecule has 2 atom stereocenters. The predicted octanol–water partition coefficient (Wildman–Crippen LogP) is 5.79. The Labute approximate surface area is 285 Å². The Morgan fingerprint density at radius 2 is 1.25 bits per heavy atom. The Morgan fingerprint density at radius 3 is 1.81 bits per heavy atom. The van der Waals surface area contributed by atoms with Gasteiger partial charge in [0.25, 0.3) is 0 Å². The van der Waals surface area contributed by atoms with Crippen LogP contribution in [0.4, 0.5) is 4.79 Å². The van der Waals surface area contributed by atoms with Crippen LogP contribution in [0.1, 0.15) is 52.2 Å². The molecule has 2 N–H and O–H groups in total. The van der Waals surface area contributed by atoms with E-state index in [-0.39, 0.29) is 24.1 Å². The summed E-state index contributed by atoms with van der Waals surface area (Å²) in [4.78, 5) is 56.1. The Balaban J connectivity index is 1.85. The third-order valence-corrected chi connectivity index (χ3v) is 7.95. The van der Waals surface area contributed by atoms with Crippen molar-refractivity contribution in [3.8, 4) is 11.1 Å². The summed E-state index contributed by atoms with van der Waals surface area (Å²) in [6, 6.07) is 25.7. The highest BCUT2D eigenvalue weighted by molar-refractivity contribution is 5.95. The van der Waals surface area contributed by atoms with Gasteiger partial charge < -0.3 is 25.2 Å². The molecule has 0 bridgehead atoms. The van der Waals surface area contributed by atoms with Crippen LogP contribution >= 0.6 is 0 Å². The summed E-state index contributed by atoms with van der Waals surface area (Å²) >= 11 is 0.